The molecule has 80 valence electrons. The molecular formula is C12H20O2. The molecule has 1 aliphatic carbocycles. The second kappa shape index (κ2) is 4.16. The highest BCUT2D eigenvalue weighted by molar-refractivity contribution is 5.87. The fraction of sp³-hybridized carbons (Fsp3) is 0.750. The maximum Gasteiger partial charge on any atom is 0.333 e. The molecule has 1 aliphatic rings. The molecule has 0 N–H and O–H groups in total. The van der Waals surface area contributed by atoms with Crippen molar-refractivity contribution in [2.75, 3.05) is 0 Å². The van der Waals surface area contributed by atoms with Gasteiger partial charge in [-0.3, -0.25) is 0 Å². The summed E-state index contributed by atoms with van der Waals surface area (Å²) in [5, 5.41) is 0. The number of carbonyl (C=O) groups excluding carboxylic acids is 1. The first kappa shape index (κ1) is 11.3. The summed E-state index contributed by atoms with van der Waals surface area (Å²) >= 11 is 0. The number of hydrogen-bond donors (Lipinski definition) is 0. The van der Waals surface area contributed by atoms with E-state index >= 15 is 0 Å². The zero-order valence-corrected chi connectivity index (χ0v) is 9.43. The normalized spacial score (nSPS) is 31.5. The van der Waals surface area contributed by atoms with Gasteiger partial charge >= 0.3 is 5.97 Å². The molecule has 0 bridgehead atoms. The Bertz CT molecular complexity index is 245. The summed E-state index contributed by atoms with van der Waals surface area (Å²) in [5.74, 6) is 0.451. The van der Waals surface area contributed by atoms with Crippen LogP contribution in [0.1, 0.15) is 46.5 Å². The first-order chi connectivity index (χ1) is 6.47. The molecule has 1 fully saturated rings. The van der Waals surface area contributed by atoms with Crippen molar-refractivity contribution >= 4 is 5.97 Å². The van der Waals surface area contributed by atoms with Crippen LogP contribution in [-0.4, -0.2) is 11.6 Å². The van der Waals surface area contributed by atoms with Crippen molar-refractivity contribution in [1.29, 1.82) is 0 Å². The molecule has 2 atom stereocenters. The lowest BCUT2D eigenvalue weighted by Crippen LogP contribution is -2.29. The van der Waals surface area contributed by atoms with Crippen LogP contribution in [0.4, 0.5) is 0 Å². The first-order valence-electron chi connectivity index (χ1n) is 5.38. The minimum Gasteiger partial charge on any atom is -0.456 e. The molecule has 0 spiro atoms. The largest absolute Gasteiger partial charge is 0.456 e. The maximum atomic E-state index is 11.5. The Morgan fingerprint density at radius 1 is 1.64 bits per heavy atom. The third-order valence-electron chi connectivity index (χ3n) is 3.00. The molecule has 0 aromatic heterocycles. The highest BCUT2D eigenvalue weighted by atomic mass is 16.6. The third-order valence-corrected chi connectivity index (χ3v) is 3.00. The fourth-order valence-electron chi connectivity index (χ4n) is 2.03. The molecule has 2 nitrogen and oxygen atoms in total. The van der Waals surface area contributed by atoms with Gasteiger partial charge in [0.15, 0.2) is 0 Å². The van der Waals surface area contributed by atoms with Crippen LogP contribution in [0.3, 0.4) is 0 Å². The van der Waals surface area contributed by atoms with Gasteiger partial charge in [0.25, 0.3) is 0 Å². The summed E-state index contributed by atoms with van der Waals surface area (Å²) in [7, 11) is 0. The third kappa shape index (κ3) is 2.60. The van der Waals surface area contributed by atoms with E-state index in [1.807, 2.05) is 13.8 Å². The van der Waals surface area contributed by atoms with E-state index in [0.717, 1.165) is 19.3 Å². The van der Waals surface area contributed by atoms with Gasteiger partial charge in [0, 0.05) is 5.57 Å². The SMILES string of the molecule is C=C(CC)C(=O)OC1(C)CCC(C)C1. The van der Waals surface area contributed by atoms with Gasteiger partial charge in [-0.1, -0.05) is 20.4 Å². The quantitative estimate of drug-likeness (QED) is 0.512. The summed E-state index contributed by atoms with van der Waals surface area (Å²) in [4.78, 5) is 11.5. The molecule has 1 saturated carbocycles. The van der Waals surface area contributed by atoms with E-state index < -0.39 is 0 Å². The fourth-order valence-corrected chi connectivity index (χ4v) is 2.03. The molecule has 0 radical (unpaired) electrons. The predicted molar refractivity (Wildman–Crippen MR) is 56.9 cm³/mol. The molecule has 2 unspecified atom stereocenters. The minimum absolute atomic E-state index is 0.218. The number of rotatable bonds is 3. The van der Waals surface area contributed by atoms with E-state index in [1.165, 1.54) is 0 Å². The van der Waals surface area contributed by atoms with Crippen molar-refractivity contribution in [3.63, 3.8) is 0 Å². The molecule has 14 heavy (non-hydrogen) atoms. The molecular weight excluding hydrogens is 176 g/mol. The minimum atomic E-state index is -0.241. The Balaban J connectivity index is 2.51. The summed E-state index contributed by atoms with van der Waals surface area (Å²) in [6, 6.07) is 0. The molecule has 1 rings (SSSR count). The van der Waals surface area contributed by atoms with Crippen LogP contribution in [0.15, 0.2) is 12.2 Å². The zero-order chi connectivity index (χ0) is 10.8. The highest BCUT2D eigenvalue weighted by Gasteiger charge is 2.36. The lowest BCUT2D eigenvalue weighted by Gasteiger charge is -2.24. The summed E-state index contributed by atoms with van der Waals surface area (Å²) in [6.07, 6.45) is 3.79. The van der Waals surface area contributed by atoms with E-state index in [4.69, 9.17) is 4.74 Å². The zero-order valence-electron chi connectivity index (χ0n) is 9.43. The molecule has 2 heteroatoms. The van der Waals surface area contributed by atoms with Crippen molar-refractivity contribution in [2.24, 2.45) is 5.92 Å². The number of esters is 1. The van der Waals surface area contributed by atoms with Gasteiger partial charge in [0.05, 0.1) is 0 Å². The standard InChI is InChI=1S/C12H20O2/c1-5-10(3)11(13)14-12(4)7-6-9(2)8-12/h9H,3,5-8H2,1-2,4H3. The molecule has 0 heterocycles. The summed E-state index contributed by atoms with van der Waals surface area (Å²) in [5.41, 5.74) is 0.333. The Kier molecular flexibility index (Phi) is 3.35. The first-order valence-corrected chi connectivity index (χ1v) is 5.38. The Hall–Kier alpha value is -0.790. The van der Waals surface area contributed by atoms with E-state index in [9.17, 15) is 4.79 Å². The Morgan fingerprint density at radius 3 is 2.71 bits per heavy atom. The van der Waals surface area contributed by atoms with Crippen molar-refractivity contribution in [3.8, 4) is 0 Å². The van der Waals surface area contributed by atoms with E-state index in [-0.39, 0.29) is 11.6 Å². The van der Waals surface area contributed by atoms with Gasteiger partial charge < -0.3 is 4.74 Å². The van der Waals surface area contributed by atoms with Crippen LogP contribution in [0.25, 0.3) is 0 Å². The monoisotopic (exact) mass is 196 g/mol. The van der Waals surface area contributed by atoms with Crippen molar-refractivity contribution < 1.29 is 9.53 Å². The molecule has 0 saturated heterocycles. The van der Waals surface area contributed by atoms with Crippen molar-refractivity contribution in [2.45, 2.75) is 52.1 Å². The molecule has 0 amide bonds. The van der Waals surface area contributed by atoms with Crippen LogP contribution < -0.4 is 0 Å². The second-order valence-electron chi connectivity index (χ2n) is 4.64. The van der Waals surface area contributed by atoms with Crippen molar-refractivity contribution in [1.82, 2.24) is 0 Å². The van der Waals surface area contributed by atoms with Crippen LogP contribution in [0.2, 0.25) is 0 Å². The lowest BCUT2D eigenvalue weighted by atomic mass is 10.0. The smallest absolute Gasteiger partial charge is 0.333 e. The summed E-state index contributed by atoms with van der Waals surface area (Å²) < 4.78 is 5.48. The Labute approximate surface area is 86.3 Å². The average Bonchev–Trinajstić information content (AvgIpc) is 2.44. The molecule has 0 aromatic carbocycles. The van der Waals surface area contributed by atoms with E-state index in [2.05, 4.69) is 13.5 Å². The summed E-state index contributed by atoms with van der Waals surface area (Å²) in [6.45, 7) is 9.84. The number of hydrogen-bond acceptors (Lipinski definition) is 2. The number of ether oxygens (including phenoxy) is 1. The van der Waals surface area contributed by atoms with Gasteiger partial charge in [-0.15, -0.1) is 0 Å². The maximum absolute atomic E-state index is 11.5. The van der Waals surface area contributed by atoms with E-state index in [1.54, 1.807) is 0 Å². The van der Waals surface area contributed by atoms with Crippen LogP contribution >= 0.6 is 0 Å². The second-order valence-corrected chi connectivity index (χ2v) is 4.64. The average molecular weight is 196 g/mol. The van der Waals surface area contributed by atoms with Gasteiger partial charge in [-0.05, 0) is 38.5 Å². The topological polar surface area (TPSA) is 26.3 Å². The van der Waals surface area contributed by atoms with E-state index in [0.29, 0.717) is 17.9 Å². The molecule has 0 aliphatic heterocycles. The highest BCUT2D eigenvalue weighted by Crippen LogP contribution is 2.37. The van der Waals surface area contributed by atoms with Crippen molar-refractivity contribution in [3.05, 3.63) is 12.2 Å². The van der Waals surface area contributed by atoms with Gasteiger partial charge in [0.1, 0.15) is 5.60 Å². The predicted octanol–water partition coefficient (Wildman–Crippen LogP) is 3.07. The van der Waals surface area contributed by atoms with Gasteiger partial charge in [-0.2, -0.15) is 0 Å². The van der Waals surface area contributed by atoms with Crippen LogP contribution in [0.5, 0.6) is 0 Å². The van der Waals surface area contributed by atoms with Gasteiger partial charge in [-0.25, -0.2) is 4.79 Å². The number of carbonyl (C=O) groups is 1. The van der Waals surface area contributed by atoms with Crippen LogP contribution in [-0.2, 0) is 9.53 Å². The van der Waals surface area contributed by atoms with Crippen LogP contribution in [0, 0.1) is 5.92 Å². The Morgan fingerprint density at radius 2 is 2.29 bits per heavy atom. The van der Waals surface area contributed by atoms with Gasteiger partial charge in [0.2, 0.25) is 0 Å². The lowest BCUT2D eigenvalue weighted by molar-refractivity contribution is -0.152. The molecule has 0 aromatic rings.